The second kappa shape index (κ2) is 6.27. The van der Waals surface area contributed by atoms with Crippen molar-refractivity contribution < 1.29 is 0 Å². The lowest BCUT2D eigenvalue weighted by molar-refractivity contribution is 0.497. The first-order valence-electron chi connectivity index (χ1n) is 8.01. The van der Waals surface area contributed by atoms with Crippen LogP contribution in [0.25, 0.3) is 0 Å². The van der Waals surface area contributed by atoms with E-state index in [0.717, 1.165) is 27.7 Å². The summed E-state index contributed by atoms with van der Waals surface area (Å²) in [6.45, 7) is 2.01. The molecule has 120 valence electrons. The van der Waals surface area contributed by atoms with Gasteiger partial charge in [-0.2, -0.15) is 0 Å². The lowest BCUT2D eigenvalue weighted by Crippen LogP contribution is -2.37. The number of fused-ring (bicyclic) bond motifs is 1. The van der Waals surface area contributed by atoms with E-state index in [1.54, 1.807) is 0 Å². The van der Waals surface area contributed by atoms with Crippen LogP contribution in [0.15, 0.2) is 66.7 Å². The number of aryl methyl sites for hydroxylation is 1. The molecule has 4 heteroatoms. The highest BCUT2D eigenvalue weighted by Crippen LogP contribution is 2.37. The van der Waals surface area contributed by atoms with Gasteiger partial charge in [0.2, 0.25) is 0 Å². The number of anilines is 1. The van der Waals surface area contributed by atoms with Crippen molar-refractivity contribution in [3.63, 3.8) is 0 Å². The molecule has 0 unspecified atom stereocenters. The SMILES string of the molecule is Cc1cccc([C@H]2Nc3ccc(Cl)cc3[C@@H](c3ccccc3)N2)n1. The minimum atomic E-state index is -0.0521. The van der Waals surface area contributed by atoms with Gasteiger partial charge in [0.1, 0.15) is 6.17 Å². The fourth-order valence-corrected chi connectivity index (χ4v) is 3.34. The summed E-state index contributed by atoms with van der Waals surface area (Å²) in [5.74, 6) is 0. The number of nitrogens with one attached hydrogen (secondary N) is 2. The lowest BCUT2D eigenvalue weighted by Gasteiger charge is -2.35. The third-order valence-electron chi connectivity index (χ3n) is 4.30. The van der Waals surface area contributed by atoms with Gasteiger partial charge in [0.15, 0.2) is 0 Å². The normalized spacial score (nSPS) is 19.4. The van der Waals surface area contributed by atoms with Crippen molar-refractivity contribution in [1.82, 2.24) is 10.3 Å². The largest absolute Gasteiger partial charge is 0.364 e. The van der Waals surface area contributed by atoms with E-state index in [4.69, 9.17) is 11.6 Å². The van der Waals surface area contributed by atoms with Crippen molar-refractivity contribution in [3.8, 4) is 0 Å². The van der Waals surface area contributed by atoms with Crippen molar-refractivity contribution in [2.24, 2.45) is 0 Å². The molecule has 0 spiro atoms. The number of benzene rings is 2. The van der Waals surface area contributed by atoms with E-state index in [9.17, 15) is 0 Å². The zero-order valence-corrected chi connectivity index (χ0v) is 14.1. The number of aromatic nitrogens is 1. The van der Waals surface area contributed by atoms with E-state index in [1.165, 1.54) is 5.56 Å². The van der Waals surface area contributed by atoms with Crippen LogP contribution in [0.3, 0.4) is 0 Å². The average molecular weight is 336 g/mol. The van der Waals surface area contributed by atoms with Crippen LogP contribution in [0.1, 0.15) is 34.7 Å². The Labute approximate surface area is 146 Å². The number of halogens is 1. The Morgan fingerprint density at radius 3 is 2.58 bits per heavy atom. The fourth-order valence-electron chi connectivity index (χ4n) is 3.16. The number of nitrogens with zero attached hydrogens (tertiary/aromatic N) is 1. The highest BCUT2D eigenvalue weighted by atomic mass is 35.5. The Hall–Kier alpha value is -2.36. The molecular formula is C20H18ClN3. The van der Waals surface area contributed by atoms with Crippen molar-refractivity contribution in [2.75, 3.05) is 5.32 Å². The van der Waals surface area contributed by atoms with Gasteiger partial charge >= 0.3 is 0 Å². The Kier molecular flexibility index (Phi) is 3.97. The summed E-state index contributed by atoms with van der Waals surface area (Å²) in [7, 11) is 0. The van der Waals surface area contributed by atoms with Crippen LogP contribution in [0.5, 0.6) is 0 Å². The van der Waals surface area contributed by atoms with Crippen LogP contribution >= 0.6 is 11.6 Å². The topological polar surface area (TPSA) is 37.0 Å². The Morgan fingerprint density at radius 2 is 1.79 bits per heavy atom. The van der Waals surface area contributed by atoms with E-state index < -0.39 is 0 Å². The molecule has 0 fully saturated rings. The maximum Gasteiger partial charge on any atom is 0.121 e. The predicted molar refractivity (Wildman–Crippen MR) is 98.2 cm³/mol. The number of hydrogen-bond acceptors (Lipinski definition) is 3. The van der Waals surface area contributed by atoms with Gasteiger partial charge in [0, 0.05) is 16.4 Å². The lowest BCUT2D eigenvalue weighted by atomic mass is 9.94. The maximum absolute atomic E-state index is 6.24. The molecule has 2 aromatic carbocycles. The minimum absolute atomic E-state index is 0.0521. The van der Waals surface area contributed by atoms with E-state index in [1.807, 2.05) is 49.4 Å². The van der Waals surface area contributed by atoms with Crippen LogP contribution in [-0.2, 0) is 0 Å². The molecule has 1 aliphatic heterocycles. The molecule has 4 rings (SSSR count). The molecule has 3 aromatic rings. The zero-order chi connectivity index (χ0) is 16.5. The van der Waals surface area contributed by atoms with Gasteiger partial charge in [-0.05, 0) is 48.4 Å². The summed E-state index contributed by atoms with van der Waals surface area (Å²) in [4.78, 5) is 4.66. The van der Waals surface area contributed by atoms with Crippen molar-refractivity contribution >= 4 is 17.3 Å². The highest BCUT2D eigenvalue weighted by Gasteiger charge is 2.28. The molecule has 3 nitrogen and oxygen atoms in total. The number of rotatable bonds is 2. The van der Waals surface area contributed by atoms with Crippen LogP contribution in [0.2, 0.25) is 5.02 Å². The molecule has 2 atom stereocenters. The van der Waals surface area contributed by atoms with Crippen molar-refractivity contribution in [2.45, 2.75) is 19.1 Å². The van der Waals surface area contributed by atoms with Crippen LogP contribution in [-0.4, -0.2) is 4.98 Å². The summed E-state index contributed by atoms with van der Waals surface area (Å²) in [5.41, 5.74) is 5.43. The molecule has 2 heterocycles. The van der Waals surface area contributed by atoms with Crippen molar-refractivity contribution in [1.29, 1.82) is 0 Å². The Morgan fingerprint density at radius 1 is 0.958 bits per heavy atom. The standard InChI is InChI=1S/C20H18ClN3/c1-13-6-5-9-18(22-13)20-23-17-11-10-15(21)12-16(17)19(24-20)14-7-3-2-4-8-14/h2-12,19-20,23-24H,1H3/t19-,20+/m1/s1. The number of hydrogen-bond donors (Lipinski definition) is 2. The summed E-state index contributed by atoms with van der Waals surface area (Å²) in [6.07, 6.45) is -0.0521. The summed E-state index contributed by atoms with van der Waals surface area (Å²) in [6, 6.07) is 22.5. The van der Waals surface area contributed by atoms with E-state index in [-0.39, 0.29) is 12.2 Å². The summed E-state index contributed by atoms with van der Waals surface area (Å²) < 4.78 is 0. The van der Waals surface area contributed by atoms with Crippen LogP contribution < -0.4 is 10.6 Å². The smallest absolute Gasteiger partial charge is 0.121 e. The zero-order valence-electron chi connectivity index (χ0n) is 13.3. The monoisotopic (exact) mass is 335 g/mol. The van der Waals surface area contributed by atoms with Crippen LogP contribution in [0.4, 0.5) is 5.69 Å². The molecule has 0 aliphatic carbocycles. The first-order chi connectivity index (χ1) is 11.7. The maximum atomic E-state index is 6.24. The van der Waals surface area contributed by atoms with E-state index >= 15 is 0 Å². The Balaban J connectivity index is 1.79. The van der Waals surface area contributed by atoms with Gasteiger partial charge in [-0.25, -0.2) is 0 Å². The number of pyridine rings is 1. The second-order valence-corrected chi connectivity index (χ2v) is 6.46. The van der Waals surface area contributed by atoms with Gasteiger partial charge in [-0.1, -0.05) is 48.0 Å². The molecular weight excluding hydrogens is 318 g/mol. The third-order valence-corrected chi connectivity index (χ3v) is 4.53. The minimum Gasteiger partial charge on any atom is -0.364 e. The molecule has 0 bridgehead atoms. The fraction of sp³-hybridized carbons (Fsp3) is 0.150. The molecule has 2 N–H and O–H groups in total. The summed E-state index contributed by atoms with van der Waals surface area (Å²) in [5, 5.41) is 7.94. The molecule has 24 heavy (non-hydrogen) atoms. The summed E-state index contributed by atoms with van der Waals surface area (Å²) >= 11 is 6.24. The third kappa shape index (κ3) is 2.88. The molecule has 1 aromatic heterocycles. The van der Waals surface area contributed by atoms with Gasteiger partial charge < -0.3 is 5.32 Å². The molecule has 0 radical (unpaired) electrons. The first-order valence-corrected chi connectivity index (χ1v) is 8.39. The predicted octanol–water partition coefficient (Wildman–Crippen LogP) is 4.85. The van der Waals surface area contributed by atoms with E-state index in [0.29, 0.717) is 0 Å². The van der Waals surface area contributed by atoms with Gasteiger partial charge in [-0.3, -0.25) is 10.3 Å². The van der Waals surface area contributed by atoms with Crippen molar-refractivity contribution in [3.05, 3.63) is 94.3 Å². The molecule has 0 amide bonds. The van der Waals surface area contributed by atoms with E-state index in [2.05, 4.69) is 39.9 Å². The van der Waals surface area contributed by atoms with Gasteiger partial charge in [0.25, 0.3) is 0 Å². The molecule has 1 aliphatic rings. The average Bonchev–Trinajstić information content (AvgIpc) is 2.61. The Bertz CT molecular complexity index is 864. The highest BCUT2D eigenvalue weighted by molar-refractivity contribution is 6.30. The molecule has 0 saturated carbocycles. The van der Waals surface area contributed by atoms with Gasteiger partial charge in [0.05, 0.1) is 11.7 Å². The van der Waals surface area contributed by atoms with Gasteiger partial charge in [-0.15, -0.1) is 0 Å². The second-order valence-electron chi connectivity index (χ2n) is 6.02. The first kappa shape index (κ1) is 15.2. The quantitative estimate of drug-likeness (QED) is 0.703. The van der Waals surface area contributed by atoms with Crippen LogP contribution in [0, 0.1) is 6.92 Å². The molecule has 0 saturated heterocycles.